The van der Waals surface area contributed by atoms with Gasteiger partial charge in [-0.3, -0.25) is 0 Å². The minimum atomic E-state index is -0.846. The third kappa shape index (κ3) is 5.09. The van der Waals surface area contributed by atoms with Crippen molar-refractivity contribution in [2.45, 2.75) is 38.3 Å². The standard InChI is InChI=1S/C15H23NO3/c1-3-18-13-6-8-14(9-7-13)19-11-15(2,17)10-16-12-4-5-12/h6-9,12,16-17H,3-5,10-11H2,1-2H3. The van der Waals surface area contributed by atoms with Crippen LogP contribution < -0.4 is 14.8 Å². The fourth-order valence-corrected chi connectivity index (χ4v) is 1.74. The molecule has 1 aromatic carbocycles. The SMILES string of the molecule is CCOc1ccc(OCC(C)(O)CNC2CC2)cc1. The van der Waals surface area contributed by atoms with E-state index in [9.17, 15) is 5.11 Å². The Morgan fingerprint density at radius 1 is 1.21 bits per heavy atom. The second kappa shape index (κ2) is 6.26. The Labute approximate surface area is 114 Å². The molecule has 0 bridgehead atoms. The molecule has 106 valence electrons. The third-order valence-electron chi connectivity index (χ3n) is 3.03. The number of hydrogen-bond donors (Lipinski definition) is 2. The Morgan fingerprint density at radius 3 is 2.32 bits per heavy atom. The van der Waals surface area contributed by atoms with E-state index in [1.165, 1.54) is 12.8 Å². The van der Waals surface area contributed by atoms with E-state index in [4.69, 9.17) is 9.47 Å². The molecule has 2 N–H and O–H groups in total. The van der Waals surface area contributed by atoms with Gasteiger partial charge in [0, 0.05) is 12.6 Å². The second-order valence-electron chi connectivity index (χ2n) is 5.35. The predicted molar refractivity (Wildman–Crippen MR) is 74.8 cm³/mol. The lowest BCUT2D eigenvalue weighted by Crippen LogP contribution is -2.43. The van der Waals surface area contributed by atoms with E-state index in [-0.39, 0.29) is 6.61 Å². The average Bonchev–Trinajstić information content (AvgIpc) is 3.20. The van der Waals surface area contributed by atoms with Crippen molar-refractivity contribution in [3.63, 3.8) is 0 Å². The highest BCUT2D eigenvalue weighted by Gasteiger charge is 2.27. The van der Waals surface area contributed by atoms with Gasteiger partial charge in [-0.15, -0.1) is 0 Å². The summed E-state index contributed by atoms with van der Waals surface area (Å²) in [6.07, 6.45) is 2.44. The Balaban J connectivity index is 1.76. The van der Waals surface area contributed by atoms with Crippen molar-refractivity contribution in [3.8, 4) is 11.5 Å². The van der Waals surface area contributed by atoms with E-state index in [0.29, 0.717) is 19.2 Å². The highest BCUT2D eigenvalue weighted by atomic mass is 16.5. The molecule has 0 saturated heterocycles. The number of aliphatic hydroxyl groups is 1. The van der Waals surface area contributed by atoms with Crippen molar-refractivity contribution in [1.82, 2.24) is 5.32 Å². The van der Waals surface area contributed by atoms with Gasteiger partial charge in [-0.05, 0) is 51.0 Å². The first-order chi connectivity index (χ1) is 9.09. The molecule has 1 aliphatic carbocycles. The lowest BCUT2D eigenvalue weighted by atomic mass is 10.1. The van der Waals surface area contributed by atoms with Gasteiger partial charge in [0.25, 0.3) is 0 Å². The molecule has 1 saturated carbocycles. The zero-order valence-corrected chi connectivity index (χ0v) is 11.7. The van der Waals surface area contributed by atoms with E-state index in [0.717, 1.165) is 11.5 Å². The summed E-state index contributed by atoms with van der Waals surface area (Å²) in [5.74, 6) is 1.58. The van der Waals surface area contributed by atoms with Crippen LogP contribution in [0.15, 0.2) is 24.3 Å². The van der Waals surface area contributed by atoms with Crippen molar-refractivity contribution in [2.75, 3.05) is 19.8 Å². The van der Waals surface area contributed by atoms with Gasteiger partial charge in [-0.1, -0.05) is 0 Å². The van der Waals surface area contributed by atoms with Crippen molar-refractivity contribution in [2.24, 2.45) is 0 Å². The van der Waals surface area contributed by atoms with Crippen LogP contribution in [0.1, 0.15) is 26.7 Å². The Morgan fingerprint density at radius 2 is 1.79 bits per heavy atom. The van der Waals surface area contributed by atoms with E-state index >= 15 is 0 Å². The van der Waals surface area contributed by atoms with Crippen LogP contribution in [0.4, 0.5) is 0 Å². The van der Waals surface area contributed by atoms with Gasteiger partial charge in [0.2, 0.25) is 0 Å². The van der Waals surface area contributed by atoms with Gasteiger partial charge in [0.1, 0.15) is 23.7 Å². The topological polar surface area (TPSA) is 50.7 Å². The summed E-state index contributed by atoms with van der Waals surface area (Å²) in [7, 11) is 0. The molecule has 4 nitrogen and oxygen atoms in total. The number of rotatable bonds is 8. The van der Waals surface area contributed by atoms with Crippen LogP contribution >= 0.6 is 0 Å². The molecule has 0 spiro atoms. The van der Waals surface area contributed by atoms with Gasteiger partial charge < -0.3 is 19.9 Å². The lowest BCUT2D eigenvalue weighted by molar-refractivity contribution is 0.0120. The summed E-state index contributed by atoms with van der Waals surface area (Å²) >= 11 is 0. The average molecular weight is 265 g/mol. The molecule has 0 aromatic heterocycles. The second-order valence-corrected chi connectivity index (χ2v) is 5.35. The minimum Gasteiger partial charge on any atom is -0.494 e. The number of benzene rings is 1. The number of ether oxygens (including phenoxy) is 2. The summed E-state index contributed by atoms with van der Waals surface area (Å²) in [4.78, 5) is 0. The van der Waals surface area contributed by atoms with Crippen molar-refractivity contribution in [1.29, 1.82) is 0 Å². The van der Waals surface area contributed by atoms with Crippen LogP contribution in [0.5, 0.6) is 11.5 Å². The molecule has 19 heavy (non-hydrogen) atoms. The van der Waals surface area contributed by atoms with E-state index < -0.39 is 5.60 Å². The molecule has 1 aromatic rings. The number of nitrogens with one attached hydrogen (secondary N) is 1. The molecule has 0 heterocycles. The Hall–Kier alpha value is -1.26. The third-order valence-corrected chi connectivity index (χ3v) is 3.03. The molecular formula is C15H23NO3. The van der Waals surface area contributed by atoms with Gasteiger partial charge in [-0.25, -0.2) is 0 Å². The maximum Gasteiger partial charge on any atom is 0.119 e. The molecule has 1 unspecified atom stereocenters. The van der Waals surface area contributed by atoms with Gasteiger partial charge >= 0.3 is 0 Å². The Bertz CT molecular complexity index is 385. The molecule has 2 rings (SSSR count). The smallest absolute Gasteiger partial charge is 0.119 e. The summed E-state index contributed by atoms with van der Waals surface area (Å²) < 4.78 is 11.0. The quantitative estimate of drug-likeness (QED) is 0.754. The molecule has 1 atom stereocenters. The van der Waals surface area contributed by atoms with Crippen LogP contribution in [0.3, 0.4) is 0 Å². The molecule has 0 amide bonds. The van der Waals surface area contributed by atoms with Crippen molar-refractivity contribution < 1.29 is 14.6 Å². The van der Waals surface area contributed by atoms with Crippen LogP contribution in [-0.4, -0.2) is 36.5 Å². The van der Waals surface area contributed by atoms with Crippen LogP contribution in [-0.2, 0) is 0 Å². The molecule has 4 heteroatoms. The lowest BCUT2D eigenvalue weighted by Gasteiger charge is -2.24. The molecule has 0 aliphatic heterocycles. The highest BCUT2D eigenvalue weighted by Crippen LogP contribution is 2.21. The zero-order chi connectivity index (χ0) is 13.7. The van der Waals surface area contributed by atoms with E-state index in [1.54, 1.807) is 6.92 Å². The Kier molecular flexibility index (Phi) is 4.66. The van der Waals surface area contributed by atoms with Crippen molar-refractivity contribution in [3.05, 3.63) is 24.3 Å². The monoisotopic (exact) mass is 265 g/mol. The maximum absolute atomic E-state index is 10.2. The first-order valence-corrected chi connectivity index (χ1v) is 6.90. The predicted octanol–water partition coefficient (Wildman–Crippen LogP) is 1.97. The van der Waals surface area contributed by atoms with Gasteiger partial charge in [-0.2, -0.15) is 0 Å². The molecule has 1 aliphatic rings. The molecule has 1 fully saturated rings. The first-order valence-electron chi connectivity index (χ1n) is 6.90. The van der Waals surface area contributed by atoms with Crippen LogP contribution in [0.25, 0.3) is 0 Å². The molecule has 0 radical (unpaired) electrons. The normalized spacial score (nSPS) is 17.8. The number of hydrogen-bond acceptors (Lipinski definition) is 4. The van der Waals surface area contributed by atoms with Crippen LogP contribution in [0.2, 0.25) is 0 Å². The summed E-state index contributed by atoms with van der Waals surface area (Å²) in [5, 5.41) is 13.5. The summed E-state index contributed by atoms with van der Waals surface area (Å²) in [6, 6.07) is 8.05. The van der Waals surface area contributed by atoms with E-state index in [1.807, 2.05) is 31.2 Å². The first kappa shape index (κ1) is 14.2. The largest absolute Gasteiger partial charge is 0.494 e. The van der Waals surface area contributed by atoms with E-state index in [2.05, 4.69) is 5.32 Å². The minimum absolute atomic E-state index is 0.278. The summed E-state index contributed by atoms with van der Waals surface area (Å²) in [5.41, 5.74) is -0.846. The van der Waals surface area contributed by atoms with Gasteiger partial charge in [0.05, 0.1) is 6.61 Å². The fourth-order valence-electron chi connectivity index (χ4n) is 1.74. The maximum atomic E-state index is 10.2. The van der Waals surface area contributed by atoms with Crippen LogP contribution in [0, 0.1) is 0 Å². The van der Waals surface area contributed by atoms with Crippen molar-refractivity contribution >= 4 is 0 Å². The fraction of sp³-hybridized carbons (Fsp3) is 0.600. The zero-order valence-electron chi connectivity index (χ0n) is 11.7. The summed E-state index contributed by atoms with van der Waals surface area (Å²) in [6.45, 7) is 5.24. The van der Waals surface area contributed by atoms with Gasteiger partial charge in [0.15, 0.2) is 0 Å². The highest BCUT2D eigenvalue weighted by molar-refractivity contribution is 5.31. The molecular weight excluding hydrogens is 242 g/mol.